The predicted octanol–water partition coefficient (Wildman–Crippen LogP) is 1.15. The van der Waals surface area contributed by atoms with Gasteiger partial charge in [0.1, 0.15) is 0 Å². The second kappa shape index (κ2) is 9.60. The fraction of sp³-hybridized carbons (Fsp3) is 0.875. The minimum Gasteiger partial charge on any atom is -0.450 e. The number of carbonyl (C=O) groups excluding carboxylic acids is 1. The molecule has 1 N–H and O–H groups in total. The highest BCUT2D eigenvalue weighted by molar-refractivity contribution is 5.80. The number of hydrogen-bond acceptors (Lipinski definition) is 4. The SMILES string of the molecule is CCNC(=NCCOCC1CC1)N1CCN(C(=O)OCC)CC1. The van der Waals surface area contributed by atoms with E-state index in [1.165, 1.54) is 12.8 Å². The third-order valence-electron chi connectivity index (χ3n) is 3.99. The summed E-state index contributed by atoms with van der Waals surface area (Å²) in [5.74, 6) is 1.70. The molecule has 7 nitrogen and oxygen atoms in total. The first-order valence-electron chi connectivity index (χ1n) is 8.77. The Morgan fingerprint density at radius 1 is 1.17 bits per heavy atom. The van der Waals surface area contributed by atoms with Crippen LogP contribution in [0.5, 0.6) is 0 Å². The van der Waals surface area contributed by atoms with Crippen molar-refractivity contribution in [1.82, 2.24) is 15.1 Å². The van der Waals surface area contributed by atoms with Crippen LogP contribution in [0.15, 0.2) is 4.99 Å². The Morgan fingerprint density at radius 2 is 1.87 bits per heavy atom. The third kappa shape index (κ3) is 6.25. The van der Waals surface area contributed by atoms with Crippen molar-refractivity contribution < 1.29 is 14.3 Å². The van der Waals surface area contributed by atoms with E-state index in [-0.39, 0.29) is 6.09 Å². The first kappa shape index (κ1) is 17.8. The number of nitrogens with zero attached hydrogens (tertiary/aromatic N) is 3. The van der Waals surface area contributed by atoms with Gasteiger partial charge in [-0.2, -0.15) is 0 Å². The molecule has 2 rings (SSSR count). The molecule has 1 heterocycles. The third-order valence-corrected chi connectivity index (χ3v) is 3.99. The molecule has 2 fully saturated rings. The lowest BCUT2D eigenvalue weighted by Gasteiger charge is -2.35. The van der Waals surface area contributed by atoms with E-state index in [9.17, 15) is 4.79 Å². The van der Waals surface area contributed by atoms with E-state index in [0.717, 1.165) is 38.1 Å². The minimum absolute atomic E-state index is 0.220. The molecule has 0 spiro atoms. The van der Waals surface area contributed by atoms with Crippen LogP contribution in [0.4, 0.5) is 4.79 Å². The Morgan fingerprint density at radius 3 is 2.48 bits per heavy atom. The molecule has 23 heavy (non-hydrogen) atoms. The second-order valence-corrected chi connectivity index (χ2v) is 5.93. The zero-order valence-corrected chi connectivity index (χ0v) is 14.4. The fourth-order valence-corrected chi connectivity index (χ4v) is 2.49. The van der Waals surface area contributed by atoms with E-state index in [1.807, 2.05) is 6.92 Å². The molecule has 0 atom stereocenters. The van der Waals surface area contributed by atoms with Gasteiger partial charge in [-0.15, -0.1) is 0 Å². The molecule has 1 amide bonds. The quantitative estimate of drug-likeness (QED) is 0.432. The molecule has 0 bridgehead atoms. The lowest BCUT2D eigenvalue weighted by atomic mass is 10.3. The van der Waals surface area contributed by atoms with Gasteiger partial charge in [0.2, 0.25) is 0 Å². The Kier molecular flexibility index (Phi) is 7.45. The van der Waals surface area contributed by atoms with Gasteiger partial charge in [0.05, 0.1) is 19.8 Å². The number of aliphatic imine (C=N–C) groups is 1. The molecule has 0 aromatic rings. The maximum atomic E-state index is 11.7. The van der Waals surface area contributed by atoms with Crippen molar-refractivity contribution in [3.8, 4) is 0 Å². The number of guanidine groups is 1. The number of amides is 1. The summed E-state index contributed by atoms with van der Waals surface area (Å²) < 4.78 is 10.7. The summed E-state index contributed by atoms with van der Waals surface area (Å²) in [5, 5.41) is 3.32. The first-order valence-corrected chi connectivity index (χ1v) is 8.77. The van der Waals surface area contributed by atoms with Crippen LogP contribution in [-0.2, 0) is 9.47 Å². The zero-order chi connectivity index (χ0) is 16.5. The van der Waals surface area contributed by atoms with Crippen LogP contribution in [0.1, 0.15) is 26.7 Å². The molecule has 0 aromatic carbocycles. The predicted molar refractivity (Wildman–Crippen MR) is 89.7 cm³/mol. The molecule has 1 saturated carbocycles. The molecular formula is C16H30N4O3. The van der Waals surface area contributed by atoms with Gasteiger partial charge in [0, 0.05) is 39.3 Å². The van der Waals surface area contributed by atoms with Crippen LogP contribution < -0.4 is 5.32 Å². The molecule has 1 saturated heterocycles. The zero-order valence-electron chi connectivity index (χ0n) is 14.4. The van der Waals surface area contributed by atoms with Crippen molar-refractivity contribution in [3.05, 3.63) is 0 Å². The number of rotatable bonds is 7. The van der Waals surface area contributed by atoms with Crippen molar-refractivity contribution in [2.24, 2.45) is 10.9 Å². The maximum absolute atomic E-state index is 11.7. The highest BCUT2D eigenvalue weighted by Crippen LogP contribution is 2.28. The Bertz CT molecular complexity index is 391. The van der Waals surface area contributed by atoms with Gasteiger partial charge in [-0.3, -0.25) is 4.99 Å². The van der Waals surface area contributed by atoms with Crippen LogP contribution in [0.3, 0.4) is 0 Å². The van der Waals surface area contributed by atoms with E-state index >= 15 is 0 Å². The first-order chi connectivity index (χ1) is 11.2. The summed E-state index contributed by atoms with van der Waals surface area (Å²) in [7, 11) is 0. The summed E-state index contributed by atoms with van der Waals surface area (Å²) in [6.45, 7) is 10.3. The van der Waals surface area contributed by atoms with E-state index < -0.39 is 0 Å². The van der Waals surface area contributed by atoms with Gasteiger partial charge in [-0.1, -0.05) is 0 Å². The van der Waals surface area contributed by atoms with Gasteiger partial charge < -0.3 is 24.6 Å². The van der Waals surface area contributed by atoms with Gasteiger partial charge in [-0.25, -0.2) is 4.79 Å². The lowest BCUT2D eigenvalue weighted by Crippen LogP contribution is -2.54. The minimum atomic E-state index is -0.220. The van der Waals surface area contributed by atoms with Crippen molar-refractivity contribution in [1.29, 1.82) is 0 Å². The van der Waals surface area contributed by atoms with E-state index in [4.69, 9.17) is 9.47 Å². The molecule has 1 aliphatic heterocycles. The number of carbonyl (C=O) groups is 1. The van der Waals surface area contributed by atoms with Crippen LogP contribution in [0.25, 0.3) is 0 Å². The summed E-state index contributed by atoms with van der Waals surface area (Å²) in [6.07, 6.45) is 2.41. The monoisotopic (exact) mass is 326 g/mol. The van der Waals surface area contributed by atoms with Crippen molar-refractivity contribution in [2.75, 3.05) is 59.1 Å². The average Bonchev–Trinajstić information content (AvgIpc) is 3.38. The van der Waals surface area contributed by atoms with Gasteiger partial charge >= 0.3 is 6.09 Å². The highest BCUT2D eigenvalue weighted by Gasteiger charge is 2.24. The van der Waals surface area contributed by atoms with Crippen LogP contribution in [0.2, 0.25) is 0 Å². The normalized spacial score (nSPS) is 19.0. The molecule has 0 radical (unpaired) electrons. The topological polar surface area (TPSA) is 66.4 Å². The number of ether oxygens (including phenoxy) is 2. The van der Waals surface area contributed by atoms with E-state index in [0.29, 0.717) is 32.8 Å². The summed E-state index contributed by atoms with van der Waals surface area (Å²) in [5.41, 5.74) is 0. The molecule has 1 aliphatic carbocycles. The number of nitrogens with one attached hydrogen (secondary N) is 1. The van der Waals surface area contributed by atoms with Crippen molar-refractivity contribution in [2.45, 2.75) is 26.7 Å². The fourth-order valence-electron chi connectivity index (χ4n) is 2.49. The van der Waals surface area contributed by atoms with Crippen molar-refractivity contribution in [3.63, 3.8) is 0 Å². The summed E-state index contributed by atoms with van der Waals surface area (Å²) >= 11 is 0. The molecular weight excluding hydrogens is 296 g/mol. The second-order valence-electron chi connectivity index (χ2n) is 5.93. The summed E-state index contributed by atoms with van der Waals surface area (Å²) in [4.78, 5) is 20.3. The molecule has 0 unspecified atom stereocenters. The maximum Gasteiger partial charge on any atom is 0.409 e. The smallest absolute Gasteiger partial charge is 0.409 e. The summed E-state index contributed by atoms with van der Waals surface area (Å²) in [6, 6.07) is 0. The van der Waals surface area contributed by atoms with Crippen LogP contribution in [0, 0.1) is 5.92 Å². The number of hydrogen-bond donors (Lipinski definition) is 1. The molecule has 132 valence electrons. The van der Waals surface area contributed by atoms with Gasteiger partial charge in [0.15, 0.2) is 5.96 Å². The van der Waals surface area contributed by atoms with Gasteiger partial charge in [0.25, 0.3) is 0 Å². The lowest BCUT2D eigenvalue weighted by molar-refractivity contribution is 0.0913. The average molecular weight is 326 g/mol. The Labute approximate surface area is 139 Å². The molecule has 2 aliphatic rings. The van der Waals surface area contributed by atoms with Gasteiger partial charge in [-0.05, 0) is 32.6 Å². The molecule has 0 aromatic heterocycles. The van der Waals surface area contributed by atoms with Crippen LogP contribution in [-0.4, -0.2) is 80.9 Å². The highest BCUT2D eigenvalue weighted by atomic mass is 16.6. The number of piperazine rings is 1. The molecule has 7 heteroatoms. The Balaban J connectivity index is 1.72. The van der Waals surface area contributed by atoms with E-state index in [1.54, 1.807) is 4.90 Å². The van der Waals surface area contributed by atoms with E-state index in [2.05, 4.69) is 22.1 Å². The van der Waals surface area contributed by atoms with Crippen LogP contribution >= 0.6 is 0 Å². The largest absolute Gasteiger partial charge is 0.450 e. The standard InChI is InChI=1S/C16H30N4O3/c1-3-17-15(18-7-12-22-13-14-5-6-14)19-8-10-20(11-9-19)16(21)23-4-2/h14H,3-13H2,1-2H3,(H,17,18). The van der Waals surface area contributed by atoms with Crippen molar-refractivity contribution >= 4 is 12.1 Å². The Hall–Kier alpha value is -1.50.